The van der Waals surface area contributed by atoms with E-state index >= 15 is 0 Å². The van der Waals surface area contributed by atoms with Crippen molar-refractivity contribution in [1.29, 1.82) is 0 Å². The lowest BCUT2D eigenvalue weighted by molar-refractivity contribution is 0.705. The SMILES string of the molecule is CCCCCCSc1nnc2c(=O)n(-c3ccc(Cl)c(C)c3)ccn12. The van der Waals surface area contributed by atoms with Crippen molar-refractivity contribution in [3.8, 4) is 5.69 Å². The minimum Gasteiger partial charge on any atom is -0.280 e. The molecule has 0 aliphatic heterocycles. The smallest absolute Gasteiger partial charge is 0.280 e. The van der Waals surface area contributed by atoms with Gasteiger partial charge in [-0.2, -0.15) is 0 Å². The topological polar surface area (TPSA) is 52.2 Å². The minimum atomic E-state index is -0.186. The van der Waals surface area contributed by atoms with Crippen LogP contribution in [0.3, 0.4) is 0 Å². The average molecular weight is 377 g/mol. The summed E-state index contributed by atoms with van der Waals surface area (Å²) in [5.41, 5.74) is 1.85. The second-order valence-electron chi connectivity index (χ2n) is 5.99. The van der Waals surface area contributed by atoms with Gasteiger partial charge in [0.1, 0.15) is 0 Å². The van der Waals surface area contributed by atoms with E-state index in [4.69, 9.17) is 11.6 Å². The van der Waals surface area contributed by atoms with Gasteiger partial charge in [-0.3, -0.25) is 13.8 Å². The number of thioether (sulfide) groups is 1. The summed E-state index contributed by atoms with van der Waals surface area (Å²) in [6.45, 7) is 4.12. The first-order valence-electron chi connectivity index (χ1n) is 8.47. The van der Waals surface area contributed by atoms with Crippen molar-refractivity contribution < 1.29 is 0 Å². The minimum absolute atomic E-state index is 0.186. The highest BCUT2D eigenvalue weighted by Gasteiger charge is 2.12. The summed E-state index contributed by atoms with van der Waals surface area (Å²) in [5, 5.41) is 9.72. The molecule has 3 aromatic rings. The molecule has 0 saturated heterocycles. The van der Waals surface area contributed by atoms with Gasteiger partial charge < -0.3 is 0 Å². The van der Waals surface area contributed by atoms with E-state index < -0.39 is 0 Å². The molecule has 132 valence electrons. The maximum atomic E-state index is 12.8. The fourth-order valence-electron chi connectivity index (χ4n) is 2.64. The Morgan fingerprint density at radius 3 is 2.76 bits per heavy atom. The Balaban J connectivity index is 1.86. The number of fused-ring (bicyclic) bond motifs is 1. The van der Waals surface area contributed by atoms with Crippen molar-refractivity contribution in [1.82, 2.24) is 19.2 Å². The first-order chi connectivity index (χ1) is 12.1. The molecule has 25 heavy (non-hydrogen) atoms. The number of hydrogen-bond acceptors (Lipinski definition) is 4. The van der Waals surface area contributed by atoms with Crippen LogP contribution in [0.15, 0.2) is 40.5 Å². The number of halogens is 1. The highest BCUT2D eigenvalue weighted by Crippen LogP contribution is 2.20. The fourth-order valence-corrected chi connectivity index (χ4v) is 3.67. The van der Waals surface area contributed by atoms with Crippen molar-refractivity contribution in [2.24, 2.45) is 0 Å². The summed E-state index contributed by atoms with van der Waals surface area (Å²) in [7, 11) is 0. The Labute approximate surface area is 156 Å². The van der Waals surface area contributed by atoms with Crippen molar-refractivity contribution in [3.63, 3.8) is 0 Å². The second kappa shape index (κ2) is 8.06. The zero-order valence-electron chi connectivity index (χ0n) is 14.4. The van der Waals surface area contributed by atoms with Crippen LogP contribution in [0.1, 0.15) is 38.2 Å². The van der Waals surface area contributed by atoms with Crippen molar-refractivity contribution in [2.75, 3.05) is 5.75 Å². The fraction of sp³-hybridized carbons (Fsp3) is 0.389. The summed E-state index contributed by atoms with van der Waals surface area (Å²) in [5.74, 6) is 0.986. The Hall–Kier alpha value is -1.79. The van der Waals surface area contributed by atoms with Gasteiger partial charge in [-0.05, 0) is 37.1 Å². The van der Waals surface area contributed by atoms with Gasteiger partial charge in [0.05, 0.1) is 0 Å². The van der Waals surface area contributed by atoms with Gasteiger partial charge in [0.15, 0.2) is 5.16 Å². The highest BCUT2D eigenvalue weighted by atomic mass is 35.5. The molecule has 0 unspecified atom stereocenters. The monoisotopic (exact) mass is 376 g/mol. The lowest BCUT2D eigenvalue weighted by Crippen LogP contribution is -2.20. The zero-order valence-corrected chi connectivity index (χ0v) is 16.0. The van der Waals surface area contributed by atoms with Gasteiger partial charge in [-0.15, -0.1) is 10.2 Å². The normalized spacial score (nSPS) is 11.3. The third-order valence-electron chi connectivity index (χ3n) is 4.09. The molecule has 1 aromatic carbocycles. The molecule has 0 bridgehead atoms. The number of aromatic nitrogens is 4. The van der Waals surface area contributed by atoms with Crippen molar-refractivity contribution in [2.45, 2.75) is 44.7 Å². The Morgan fingerprint density at radius 2 is 2.00 bits per heavy atom. The number of unbranched alkanes of at least 4 members (excludes halogenated alkanes) is 3. The molecular formula is C18H21ClN4OS. The highest BCUT2D eigenvalue weighted by molar-refractivity contribution is 7.99. The molecule has 7 heteroatoms. The Morgan fingerprint density at radius 1 is 1.16 bits per heavy atom. The van der Waals surface area contributed by atoms with Gasteiger partial charge in [0.2, 0.25) is 5.65 Å². The summed E-state index contributed by atoms with van der Waals surface area (Å²) in [4.78, 5) is 12.8. The van der Waals surface area contributed by atoms with Gasteiger partial charge in [0.25, 0.3) is 0 Å². The molecule has 0 saturated carbocycles. The molecular weight excluding hydrogens is 356 g/mol. The third-order valence-corrected chi connectivity index (χ3v) is 5.54. The number of aryl methyl sites for hydroxylation is 1. The molecule has 0 aliphatic carbocycles. The lowest BCUT2D eigenvalue weighted by atomic mass is 10.2. The molecule has 0 spiro atoms. The second-order valence-corrected chi connectivity index (χ2v) is 7.46. The van der Waals surface area contributed by atoms with E-state index in [1.807, 2.05) is 25.3 Å². The predicted octanol–water partition coefficient (Wildman–Crippen LogP) is 4.51. The van der Waals surface area contributed by atoms with E-state index in [-0.39, 0.29) is 5.56 Å². The molecule has 3 rings (SSSR count). The summed E-state index contributed by atoms with van der Waals surface area (Å²) < 4.78 is 3.34. The summed E-state index contributed by atoms with van der Waals surface area (Å²) in [6.07, 6.45) is 8.45. The molecule has 0 amide bonds. The molecule has 2 heterocycles. The molecule has 0 fully saturated rings. The predicted molar refractivity (Wildman–Crippen MR) is 103 cm³/mol. The van der Waals surface area contributed by atoms with Gasteiger partial charge in [0, 0.05) is 28.9 Å². The molecule has 0 aliphatic rings. The molecule has 5 nitrogen and oxygen atoms in total. The number of rotatable bonds is 7. The van der Waals surface area contributed by atoms with E-state index in [1.54, 1.807) is 33.0 Å². The summed E-state index contributed by atoms with van der Waals surface area (Å²) in [6, 6.07) is 5.51. The number of nitrogens with zero attached hydrogens (tertiary/aromatic N) is 4. The van der Waals surface area contributed by atoms with Crippen LogP contribution in [0.2, 0.25) is 5.02 Å². The van der Waals surface area contributed by atoms with Crippen LogP contribution >= 0.6 is 23.4 Å². The van der Waals surface area contributed by atoms with Crippen LogP contribution in [0, 0.1) is 6.92 Å². The maximum Gasteiger partial charge on any atom is 0.300 e. The maximum absolute atomic E-state index is 12.8. The van der Waals surface area contributed by atoms with Crippen LogP contribution < -0.4 is 5.56 Å². The van der Waals surface area contributed by atoms with Gasteiger partial charge in [-0.1, -0.05) is 49.5 Å². The number of hydrogen-bond donors (Lipinski definition) is 0. The van der Waals surface area contributed by atoms with Crippen LogP contribution in [-0.4, -0.2) is 24.9 Å². The largest absolute Gasteiger partial charge is 0.300 e. The zero-order chi connectivity index (χ0) is 17.8. The van der Waals surface area contributed by atoms with Crippen LogP contribution in [0.5, 0.6) is 0 Å². The molecule has 0 radical (unpaired) electrons. The van der Waals surface area contributed by atoms with E-state index in [9.17, 15) is 4.79 Å². The number of benzene rings is 1. The molecule has 2 aromatic heterocycles. The molecule has 0 N–H and O–H groups in total. The van der Waals surface area contributed by atoms with E-state index in [0.29, 0.717) is 10.7 Å². The third kappa shape index (κ3) is 3.90. The van der Waals surface area contributed by atoms with Crippen LogP contribution in [0.4, 0.5) is 0 Å². The summed E-state index contributed by atoms with van der Waals surface area (Å²) >= 11 is 7.72. The van der Waals surface area contributed by atoms with Gasteiger partial charge >= 0.3 is 5.56 Å². The standard InChI is InChI=1S/C18H21ClN4OS/c1-3-4-5-6-11-25-18-21-20-16-17(24)22(9-10-23(16)18)14-7-8-15(19)13(2)12-14/h7-10,12H,3-6,11H2,1-2H3. The first kappa shape index (κ1) is 18.0. The quantitative estimate of drug-likeness (QED) is 0.449. The average Bonchev–Trinajstić information content (AvgIpc) is 3.02. The Kier molecular flexibility index (Phi) is 5.81. The first-order valence-corrected chi connectivity index (χ1v) is 9.84. The van der Waals surface area contributed by atoms with E-state index in [0.717, 1.165) is 28.6 Å². The lowest BCUT2D eigenvalue weighted by Gasteiger charge is -2.08. The Bertz CT molecular complexity index is 934. The van der Waals surface area contributed by atoms with Crippen molar-refractivity contribution in [3.05, 3.63) is 51.5 Å². The van der Waals surface area contributed by atoms with E-state index in [1.165, 1.54) is 19.3 Å². The van der Waals surface area contributed by atoms with Gasteiger partial charge in [-0.25, -0.2) is 0 Å². The van der Waals surface area contributed by atoms with Crippen LogP contribution in [0.25, 0.3) is 11.3 Å². The van der Waals surface area contributed by atoms with Crippen LogP contribution in [-0.2, 0) is 0 Å². The van der Waals surface area contributed by atoms with E-state index in [2.05, 4.69) is 17.1 Å². The molecule has 0 atom stereocenters. The van der Waals surface area contributed by atoms with Crippen molar-refractivity contribution >= 4 is 29.0 Å².